The van der Waals surface area contributed by atoms with E-state index in [-0.39, 0.29) is 31.0 Å². The van der Waals surface area contributed by atoms with Gasteiger partial charge in [0.15, 0.2) is 0 Å². The van der Waals surface area contributed by atoms with Crippen LogP contribution in [0.15, 0.2) is 47.3 Å². The molecule has 0 bridgehead atoms. The van der Waals surface area contributed by atoms with E-state index in [1.807, 2.05) is 0 Å². The number of hydrogen-bond acceptors (Lipinski definition) is 5. The molecular weight excluding hydrogens is 369 g/mol. The van der Waals surface area contributed by atoms with Crippen LogP contribution in [-0.4, -0.2) is 42.7 Å². The van der Waals surface area contributed by atoms with Crippen LogP contribution < -0.4 is 15.4 Å². The summed E-state index contributed by atoms with van der Waals surface area (Å²) in [4.78, 5) is 23.2. The highest BCUT2D eigenvalue weighted by Gasteiger charge is 2.30. The number of hydrogen-bond donors (Lipinski definition) is 3. The van der Waals surface area contributed by atoms with Crippen molar-refractivity contribution in [3.8, 4) is 5.75 Å². The summed E-state index contributed by atoms with van der Waals surface area (Å²) in [6.45, 7) is -0.826. The van der Waals surface area contributed by atoms with E-state index in [0.29, 0.717) is 0 Å². The van der Waals surface area contributed by atoms with Crippen LogP contribution in [0, 0.1) is 0 Å². The Bertz CT molecular complexity index is 762. The van der Waals surface area contributed by atoms with Crippen LogP contribution in [0.25, 0.3) is 0 Å². The van der Waals surface area contributed by atoms with Gasteiger partial charge in [0.05, 0.1) is 23.9 Å². The van der Waals surface area contributed by atoms with Gasteiger partial charge in [0.1, 0.15) is 24.7 Å². The first kappa shape index (κ1) is 20.3. The average Bonchev–Trinajstić information content (AvgIpc) is 3.17. The van der Waals surface area contributed by atoms with Crippen LogP contribution in [0.1, 0.15) is 15.9 Å². The Hall–Kier alpha value is -3.01. The highest BCUT2D eigenvalue weighted by molar-refractivity contribution is 5.96. The topological polar surface area (TPSA) is 101 Å². The summed E-state index contributed by atoms with van der Waals surface area (Å²) < 4.78 is 47.7. The average molecular weight is 386 g/mol. The zero-order chi connectivity index (χ0) is 19.9. The highest BCUT2D eigenvalue weighted by atomic mass is 19.4. The lowest BCUT2D eigenvalue weighted by Gasteiger charge is -2.14. The number of aliphatic hydroxyl groups excluding tert-OH is 1. The molecule has 2 amide bonds. The van der Waals surface area contributed by atoms with Gasteiger partial charge in [0.25, 0.3) is 5.91 Å². The SMILES string of the molecule is O=C(CNC(=O)c1ccoc1)NCC(O)COc1cccc(C(F)(F)F)c1. The van der Waals surface area contributed by atoms with Gasteiger partial charge in [-0.2, -0.15) is 13.2 Å². The fourth-order valence-corrected chi connectivity index (χ4v) is 1.96. The zero-order valence-electron chi connectivity index (χ0n) is 14.0. The van der Waals surface area contributed by atoms with Crippen LogP contribution in [0.5, 0.6) is 5.75 Å². The number of rotatable bonds is 8. The van der Waals surface area contributed by atoms with Crippen molar-refractivity contribution < 1.29 is 37.0 Å². The molecule has 1 heterocycles. The van der Waals surface area contributed by atoms with Crippen molar-refractivity contribution in [3.63, 3.8) is 0 Å². The first-order valence-electron chi connectivity index (χ1n) is 7.81. The van der Waals surface area contributed by atoms with E-state index in [0.717, 1.165) is 12.1 Å². The number of ether oxygens (including phenoxy) is 1. The summed E-state index contributed by atoms with van der Waals surface area (Å²) in [5.74, 6) is -1.10. The van der Waals surface area contributed by atoms with Crippen LogP contribution in [0.4, 0.5) is 13.2 Å². The van der Waals surface area contributed by atoms with Crippen LogP contribution in [-0.2, 0) is 11.0 Å². The molecule has 0 saturated carbocycles. The first-order valence-corrected chi connectivity index (χ1v) is 7.81. The van der Waals surface area contributed by atoms with Crippen molar-refractivity contribution in [2.24, 2.45) is 0 Å². The summed E-state index contributed by atoms with van der Waals surface area (Å²) in [6, 6.07) is 5.67. The molecule has 27 heavy (non-hydrogen) atoms. The van der Waals surface area contributed by atoms with E-state index in [1.54, 1.807) is 0 Å². The molecule has 2 aromatic rings. The van der Waals surface area contributed by atoms with Gasteiger partial charge in [-0.25, -0.2) is 0 Å². The smallest absolute Gasteiger partial charge is 0.416 e. The lowest BCUT2D eigenvalue weighted by atomic mass is 10.2. The number of aliphatic hydroxyl groups is 1. The van der Waals surface area contributed by atoms with Crippen LogP contribution in [0.2, 0.25) is 0 Å². The lowest BCUT2D eigenvalue weighted by molar-refractivity contribution is -0.137. The van der Waals surface area contributed by atoms with E-state index in [1.165, 1.54) is 30.7 Å². The van der Waals surface area contributed by atoms with Gasteiger partial charge in [0, 0.05) is 6.54 Å². The summed E-state index contributed by atoms with van der Waals surface area (Å²) in [5, 5.41) is 14.5. The molecule has 10 heteroatoms. The predicted molar refractivity (Wildman–Crippen MR) is 87.0 cm³/mol. The van der Waals surface area contributed by atoms with Crippen molar-refractivity contribution in [1.29, 1.82) is 0 Å². The molecule has 1 aromatic heterocycles. The normalized spacial score (nSPS) is 12.3. The van der Waals surface area contributed by atoms with E-state index in [9.17, 15) is 27.9 Å². The molecule has 7 nitrogen and oxygen atoms in total. The predicted octanol–water partition coefficient (Wildman–Crippen LogP) is 1.58. The molecule has 2 rings (SSSR count). The Labute approximate surface area is 152 Å². The Morgan fingerprint density at radius 3 is 2.67 bits per heavy atom. The maximum absolute atomic E-state index is 12.6. The molecule has 0 fully saturated rings. The molecule has 0 saturated heterocycles. The van der Waals surface area contributed by atoms with Gasteiger partial charge in [0.2, 0.25) is 5.91 Å². The Balaban J connectivity index is 1.69. The largest absolute Gasteiger partial charge is 0.491 e. The minimum atomic E-state index is -4.49. The number of benzene rings is 1. The number of nitrogens with one attached hydrogen (secondary N) is 2. The Morgan fingerprint density at radius 1 is 1.22 bits per heavy atom. The van der Waals surface area contributed by atoms with Crippen LogP contribution in [0.3, 0.4) is 0 Å². The molecule has 1 aromatic carbocycles. The second kappa shape index (κ2) is 9.08. The number of amides is 2. The summed E-state index contributed by atoms with van der Waals surface area (Å²) in [6.07, 6.45) is -3.10. The minimum Gasteiger partial charge on any atom is -0.491 e. The van der Waals surface area contributed by atoms with Crippen molar-refractivity contribution in [2.75, 3.05) is 19.7 Å². The second-order valence-electron chi connectivity index (χ2n) is 5.49. The molecule has 0 radical (unpaired) electrons. The highest BCUT2D eigenvalue weighted by Crippen LogP contribution is 2.31. The van der Waals surface area contributed by atoms with Gasteiger partial charge in [-0.05, 0) is 24.3 Å². The van der Waals surface area contributed by atoms with Crippen molar-refractivity contribution in [3.05, 3.63) is 54.0 Å². The van der Waals surface area contributed by atoms with E-state index in [4.69, 9.17) is 9.15 Å². The monoisotopic (exact) mass is 386 g/mol. The quantitative estimate of drug-likeness (QED) is 0.640. The van der Waals surface area contributed by atoms with Crippen molar-refractivity contribution >= 4 is 11.8 Å². The fraction of sp³-hybridized carbons (Fsp3) is 0.294. The fourth-order valence-electron chi connectivity index (χ4n) is 1.96. The minimum absolute atomic E-state index is 0.0532. The molecule has 146 valence electrons. The maximum atomic E-state index is 12.6. The van der Waals surface area contributed by atoms with Gasteiger partial charge >= 0.3 is 6.18 Å². The third-order valence-electron chi connectivity index (χ3n) is 3.33. The van der Waals surface area contributed by atoms with Gasteiger partial charge in [-0.1, -0.05) is 6.07 Å². The van der Waals surface area contributed by atoms with Gasteiger partial charge < -0.3 is 24.9 Å². The molecule has 0 spiro atoms. The molecule has 0 aliphatic rings. The van der Waals surface area contributed by atoms with Crippen molar-refractivity contribution in [1.82, 2.24) is 10.6 Å². The third-order valence-corrected chi connectivity index (χ3v) is 3.33. The second-order valence-corrected chi connectivity index (χ2v) is 5.49. The zero-order valence-corrected chi connectivity index (χ0v) is 14.0. The number of alkyl halides is 3. The number of halogens is 3. The Kier molecular flexibility index (Phi) is 6.83. The molecular formula is C17H17F3N2O5. The van der Waals surface area contributed by atoms with Crippen LogP contribution >= 0.6 is 0 Å². The third kappa shape index (κ3) is 6.66. The maximum Gasteiger partial charge on any atom is 0.416 e. The number of carbonyl (C=O) groups excluding carboxylic acids is 2. The van der Waals surface area contributed by atoms with Gasteiger partial charge in [-0.15, -0.1) is 0 Å². The number of carbonyl (C=O) groups is 2. The molecule has 1 unspecified atom stereocenters. The van der Waals surface area contributed by atoms with Crippen molar-refractivity contribution in [2.45, 2.75) is 12.3 Å². The molecule has 0 aliphatic heterocycles. The lowest BCUT2D eigenvalue weighted by Crippen LogP contribution is -2.41. The van der Waals surface area contributed by atoms with E-state index >= 15 is 0 Å². The molecule has 1 atom stereocenters. The summed E-state index contributed by atoms with van der Waals surface area (Å²) in [7, 11) is 0. The van der Waals surface area contributed by atoms with E-state index in [2.05, 4.69) is 10.6 Å². The standard InChI is InChI=1S/C17H17F3N2O5/c18-17(19,20)12-2-1-3-14(6-12)27-10-13(23)7-21-15(24)8-22-16(25)11-4-5-26-9-11/h1-6,9,13,23H,7-8,10H2,(H,21,24)(H,22,25). The first-order chi connectivity index (χ1) is 12.8. The van der Waals surface area contributed by atoms with E-state index < -0.39 is 29.7 Å². The Morgan fingerprint density at radius 2 is 2.00 bits per heavy atom. The summed E-state index contributed by atoms with van der Waals surface area (Å²) >= 11 is 0. The molecule has 0 aliphatic carbocycles. The molecule has 3 N–H and O–H groups in total. The summed E-state index contributed by atoms with van der Waals surface area (Å²) in [5.41, 5.74) is -0.603. The van der Waals surface area contributed by atoms with Gasteiger partial charge in [-0.3, -0.25) is 9.59 Å². The number of furan rings is 1.